The van der Waals surface area contributed by atoms with Crippen molar-refractivity contribution in [1.82, 2.24) is 10.6 Å². The maximum atomic E-state index is 12.0. The molecule has 1 aliphatic heterocycles. The zero-order valence-electron chi connectivity index (χ0n) is 14.8. The van der Waals surface area contributed by atoms with Gasteiger partial charge in [0.15, 0.2) is 5.96 Å². The Morgan fingerprint density at radius 2 is 2.00 bits per heavy atom. The molecule has 24 heavy (non-hydrogen) atoms. The molecule has 5 nitrogen and oxygen atoms in total. The number of carbonyl (C=O) groups excluding carboxylic acids is 1. The predicted octanol–water partition coefficient (Wildman–Crippen LogP) is 3.29. The number of hydrogen-bond acceptors (Lipinski definition) is 2. The van der Waals surface area contributed by atoms with Crippen molar-refractivity contribution < 1.29 is 4.79 Å². The summed E-state index contributed by atoms with van der Waals surface area (Å²) in [6.07, 6.45) is 3.83. The monoisotopic (exact) mass is 444 g/mol. The third-order valence-corrected chi connectivity index (χ3v) is 4.25. The van der Waals surface area contributed by atoms with Gasteiger partial charge < -0.3 is 15.5 Å². The summed E-state index contributed by atoms with van der Waals surface area (Å²) in [7, 11) is 1.78. The van der Waals surface area contributed by atoms with Crippen LogP contribution in [0.25, 0.3) is 0 Å². The highest BCUT2D eigenvalue weighted by Crippen LogP contribution is 2.21. The van der Waals surface area contributed by atoms with Crippen LogP contribution in [0, 0.1) is 0 Å². The SMILES string of the molecule is CCC(C)NC(=NC)NCc1ccc(N2CCCCC2=O)cc1.I. The number of aliphatic imine (C=N–C) groups is 1. The molecule has 1 fully saturated rings. The van der Waals surface area contributed by atoms with E-state index in [1.54, 1.807) is 7.05 Å². The minimum Gasteiger partial charge on any atom is -0.354 e. The fourth-order valence-corrected chi connectivity index (χ4v) is 2.59. The molecule has 6 heteroatoms. The van der Waals surface area contributed by atoms with Gasteiger partial charge in [-0.2, -0.15) is 0 Å². The molecule has 134 valence electrons. The van der Waals surface area contributed by atoms with Crippen molar-refractivity contribution in [3.63, 3.8) is 0 Å². The van der Waals surface area contributed by atoms with Gasteiger partial charge in [-0.3, -0.25) is 9.79 Å². The summed E-state index contributed by atoms with van der Waals surface area (Å²) in [6.45, 7) is 5.83. The highest BCUT2D eigenvalue weighted by molar-refractivity contribution is 14.0. The molecule has 1 aliphatic rings. The number of guanidine groups is 1. The summed E-state index contributed by atoms with van der Waals surface area (Å²) < 4.78 is 0. The largest absolute Gasteiger partial charge is 0.354 e. The Hall–Kier alpha value is -1.31. The van der Waals surface area contributed by atoms with E-state index in [1.165, 1.54) is 5.56 Å². The third kappa shape index (κ3) is 5.96. The Balaban J connectivity index is 0.00000288. The minimum atomic E-state index is 0. The molecule has 1 aromatic carbocycles. The molecule has 1 heterocycles. The molecule has 1 unspecified atom stereocenters. The molecule has 0 radical (unpaired) electrons. The van der Waals surface area contributed by atoms with Crippen LogP contribution < -0.4 is 15.5 Å². The van der Waals surface area contributed by atoms with Crippen LogP contribution in [0.15, 0.2) is 29.3 Å². The van der Waals surface area contributed by atoms with Gasteiger partial charge in [-0.05, 0) is 43.9 Å². The standard InChI is InChI=1S/C18H28N4O.HI/c1-4-14(2)21-18(19-3)20-13-15-8-10-16(11-9-15)22-12-6-5-7-17(22)23;/h8-11,14H,4-7,12-13H2,1-3H3,(H2,19,20,21);1H. The highest BCUT2D eigenvalue weighted by atomic mass is 127. The molecule has 0 spiro atoms. The molecule has 1 amide bonds. The van der Waals surface area contributed by atoms with Gasteiger partial charge in [0, 0.05) is 38.3 Å². The van der Waals surface area contributed by atoms with Crippen molar-refractivity contribution >= 4 is 41.5 Å². The first-order valence-electron chi connectivity index (χ1n) is 8.50. The predicted molar refractivity (Wildman–Crippen MR) is 111 cm³/mol. The number of nitrogens with zero attached hydrogens (tertiary/aromatic N) is 2. The highest BCUT2D eigenvalue weighted by Gasteiger charge is 2.19. The first-order chi connectivity index (χ1) is 11.1. The van der Waals surface area contributed by atoms with Crippen molar-refractivity contribution in [2.45, 2.75) is 52.1 Å². The molecule has 2 N–H and O–H groups in total. The number of carbonyl (C=O) groups is 1. The zero-order valence-corrected chi connectivity index (χ0v) is 17.2. The molecule has 1 saturated heterocycles. The fraction of sp³-hybridized carbons (Fsp3) is 0.556. The van der Waals surface area contributed by atoms with E-state index in [-0.39, 0.29) is 29.9 Å². The second kappa shape index (κ2) is 10.5. The van der Waals surface area contributed by atoms with Crippen molar-refractivity contribution in [3.05, 3.63) is 29.8 Å². The van der Waals surface area contributed by atoms with Crippen LogP contribution in [0.5, 0.6) is 0 Å². The smallest absolute Gasteiger partial charge is 0.226 e. The maximum Gasteiger partial charge on any atom is 0.226 e. The van der Waals surface area contributed by atoms with Crippen LogP contribution in [0.2, 0.25) is 0 Å². The first kappa shape index (κ1) is 20.7. The number of nitrogens with one attached hydrogen (secondary N) is 2. The lowest BCUT2D eigenvalue weighted by Gasteiger charge is -2.27. The van der Waals surface area contributed by atoms with Crippen LogP contribution in [-0.2, 0) is 11.3 Å². The van der Waals surface area contributed by atoms with E-state index in [0.29, 0.717) is 19.0 Å². The number of piperidine rings is 1. The van der Waals surface area contributed by atoms with Crippen molar-refractivity contribution in [3.8, 4) is 0 Å². The summed E-state index contributed by atoms with van der Waals surface area (Å²) in [5.41, 5.74) is 2.17. The van der Waals surface area contributed by atoms with E-state index in [2.05, 4.69) is 41.6 Å². The summed E-state index contributed by atoms with van der Waals surface area (Å²) >= 11 is 0. The van der Waals surface area contributed by atoms with Gasteiger partial charge >= 0.3 is 0 Å². The Morgan fingerprint density at radius 1 is 1.29 bits per heavy atom. The van der Waals surface area contributed by atoms with Crippen LogP contribution >= 0.6 is 24.0 Å². The molecule has 1 aromatic rings. The van der Waals surface area contributed by atoms with E-state index < -0.39 is 0 Å². The number of rotatable bonds is 5. The minimum absolute atomic E-state index is 0. The van der Waals surface area contributed by atoms with Gasteiger partial charge in [0.2, 0.25) is 5.91 Å². The van der Waals surface area contributed by atoms with Crippen LogP contribution in [0.3, 0.4) is 0 Å². The summed E-state index contributed by atoms with van der Waals surface area (Å²) in [5.74, 6) is 1.05. The van der Waals surface area contributed by atoms with E-state index in [1.807, 2.05) is 17.0 Å². The topological polar surface area (TPSA) is 56.7 Å². The van der Waals surface area contributed by atoms with Crippen LogP contribution in [0.1, 0.15) is 45.1 Å². The molecule has 0 bridgehead atoms. The second-order valence-corrected chi connectivity index (χ2v) is 6.05. The normalized spacial score (nSPS) is 16.4. The van der Waals surface area contributed by atoms with Gasteiger partial charge in [-0.1, -0.05) is 19.1 Å². The number of anilines is 1. The molecular formula is C18H29IN4O. The second-order valence-electron chi connectivity index (χ2n) is 6.05. The molecule has 0 aromatic heterocycles. The zero-order chi connectivity index (χ0) is 16.7. The van der Waals surface area contributed by atoms with Crippen LogP contribution in [-0.4, -0.2) is 31.5 Å². The van der Waals surface area contributed by atoms with E-state index in [0.717, 1.165) is 37.5 Å². The maximum absolute atomic E-state index is 12.0. The molecule has 1 atom stereocenters. The average Bonchev–Trinajstić information content (AvgIpc) is 2.59. The lowest BCUT2D eigenvalue weighted by atomic mass is 10.1. The van der Waals surface area contributed by atoms with E-state index in [9.17, 15) is 4.79 Å². The van der Waals surface area contributed by atoms with Gasteiger partial charge in [0.05, 0.1) is 0 Å². The molecular weight excluding hydrogens is 415 g/mol. The van der Waals surface area contributed by atoms with Gasteiger partial charge in [0.25, 0.3) is 0 Å². The summed E-state index contributed by atoms with van der Waals surface area (Å²) in [5, 5.41) is 6.66. The first-order valence-corrected chi connectivity index (χ1v) is 8.50. The Kier molecular flexibility index (Phi) is 9.10. The molecule has 0 saturated carbocycles. The Bertz CT molecular complexity index is 544. The van der Waals surface area contributed by atoms with Crippen molar-refractivity contribution in [1.29, 1.82) is 0 Å². The number of benzene rings is 1. The quantitative estimate of drug-likeness (QED) is 0.417. The van der Waals surface area contributed by atoms with E-state index >= 15 is 0 Å². The van der Waals surface area contributed by atoms with Gasteiger partial charge in [-0.25, -0.2) is 0 Å². The molecule has 2 rings (SSSR count). The Morgan fingerprint density at radius 3 is 2.58 bits per heavy atom. The average molecular weight is 444 g/mol. The fourth-order valence-electron chi connectivity index (χ4n) is 2.59. The molecule has 0 aliphatic carbocycles. The van der Waals surface area contributed by atoms with Gasteiger partial charge in [-0.15, -0.1) is 24.0 Å². The summed E-state index contributed by atoms with van der Waals surface area (Å²) in [6, 6.07) is 8.60. The lowest BCUT2D eigenvalue weighted by molar-refractivity contribution is -0.119. The summed E-state index contributed by atoms with van der Waals surface area (Å²) in [4.78, 5) is 18.1. The van der Waals surface area contributed by atoms with Crippen molar-refractivity contribution in [2.75, 3.05) is 18.5 Å². The number of amides is 1. The Labute approximate surface area is 162 Å². The number of hydrogen-bond donors (Lipinski definition) is 2. The lowest BCUT2D eigenvalue weighted by Crippen LogP contribution is -2.41. The third-order valence-electron chi connectivity index (χ3n) is 4.25. The van der Waals surface area contributed by atoms with Crippen molar-refractivity contribution in [2.24, 2.45) is 4.99 Å². The van der Waals surface area contributed by atoms with Crippen LogP contribution in [0.4, 0.5) is 5.69 Å². The van der Waals surface area contributed by atoms with Gasteiger partial charge in [0.1, 0.15) is 0 Å². The number of halogens is 1. The van der Waals surface area contributed by atoms with E-state index in [4.69, 9.17) is 0 Å².